The van der Waals surface area contributed by atoms with Gasteiger partial charge < -0.3 is 14.6 Å². The SMILES string of the molecule is CCOc1ccc(NC(=O)c2cc(C)n(Cc3cccs3)c2C)cc1. The molecule has 2 aromatic heterocycles. The molecule has 1 amide bonds. The number of carbonyl (C=O) groups is 1. The molecule has 0 aliphatic carbocycles. The van der Waals surface area contributed by atoms with E-state index in [1.54, 1.807) is 11.3 Å². The Kier molecular flexibility index (Phi) is 5.24. The number of amides is 1. The predicted molar refractivity (Wildman–Crippen MR) is 103 cm³/mol. The topological polar surface area (TPSA) is 43.3 Å². The highest BCUT2D eigenvalue weighted by Gasteiger charge is 2.16. The summed E-state index contributed by atoms with van der Waals surface area (Å²) in [6.45, 7) is 7.40. The molecule has 2 heterocycles. The molecule has 130 valence electrons. The van der Waals surface area contributed by atoms with Crippen LogP contribution in [0.5, 0.6) is 5.75 Å². The summed E-state index contributed by atoms with van der Waals surface area (Å²) < 4.78 is 7.60. The van der Waals surface area contributed by atoms with E-state index in [-0.39, 0.29) is 5.91 Å². The Labute approximate surface area is 152 Å². The molecule has 0 radical (unpaired) electrons. The summed E-state index contributed by atoms with van der Waals surface area (Å²) in [5.74, 6) is 0.712. The molecule has 5 heteroatoms. The third-order valence-electron chi connectivity index (χ3n) is 4.14. The summed E-state index contributed by atoms with van der Waals surface area (Å²) in [6.07, 6.45) is 0. The zero-order chi connectivity index (χ0) is 17.8. The first-order valence-corrected chi connectivity index (χ1v) is 9.19. The van der Waals surface area contributed by atoms with Crippen molar-refractivity contribution in [1.82, 2.24) is 4.57 Å². The van der Waals surface area contributed by atoms with E-state index in [1.165, 1.54) is 4.88 Å². The Balaban J connectivity index is 1.76. The van der Waals surface area contributed by atoms with Gasteiger partial charge in [0.15, 0.2) is 0 Å². The van der Waals surface area contributed by atoms with Crippen LogP contribution in [0.1, 0.15) is 33.5 Å². The summed E-state index contributed by atoms with van der Waals surface area (Å²) in [7, 11) is 0. The summed E-state index contributed by atoms with van der Waals surface area (Å²) in [4.78, 5) is 13.9. The fraction of sp³-hybridized carbons (Fsp3) is 0.250. The Morgan fingerprint density at radius 2 is 1.96 bits per heavy atom. The molecule has 0 spiro atoms. The van der Waals surface area contributed by atoms with Gasteiger partial charge in [0.05, 0.1) is 18.7 Å². The van der Waals surface area contributed by atoms with Gasteiger partial charge in [0, 0.05) is 22.0 Å². The van der Waals surface area contributed by atoms with Gasteiger partial charge >= 0.3 is 0 Å². The van der Waals surface area contributed by atoms with Crippen LogP contribution >= 0.6 is 11.3 Å². The molecule has 0 unspecified atom stereocenters. The highest BCUT2D eigenvalue weighted by molar-refractivity contribution is 7.09. The lowest BCUT2D eigenvalue weighted by atomic mass is 10.2. The number of rotatable bonds is 6. The van der Waals surface area contributed by atoms with E-state index in [0.717, 1.165) is 29.4 Å². The second kappa shape index (κ2) is 7.57. The third-order valence-corrected chi connectivity index (χ3v) is 5.00. The number of thiophene rings is 1. The molecule has 0 atom stereocenters. The number of ether oxygens (including phenoxy) is 1. The molecule has 0 bridgehead atoms. The largest absolute Gasteiger partial charge is 0.494 e. The molecule has 0 aliphatic rings. The molecular formula is C20H22N2O2S. The van der Waals surface area contributed by atoms with Crippen LogP contribution in [0.2, 0.25) is 0 Å². The quantitative estimate of drug-likeness (QED) is 0.686. The standard InChI is InChI=1S/C20H22N2O2S/c1-4-24-17-9-7-16(8-10-17)21-20(23)19-12-14(2)22(15(19)3)13-18-6-5-11-25-18/h5-12H,4,13H2,1-3H3,(H,21,23). The highest BCUT2D eigenvalue weighted by atomic mass is 32.1. The van der Waals surface area contributed by atoms with Gasteiger partial charge in [-0.25, -0.2) is 0 Å². The van der Waals surface area contributed by atoms with Gasteiger partial charge in [-0.3, -0.25) is 4.79 Å². The summed E-state index contributed by atoms with van der Waals surface area (Å²) in [5.41, 5.74) is 3.54. The fourth-order valence-electron chi connectivity index (χ4n) is 2.83. The first kappa shape index (κ1) is 17.3. The summed E-state index contributed by atoms with van der Waals surface area (Å²) in [5, 5.41) is 5.04. The number of hydrogen-bond donors (Lipinski definition) is 1. The minimum absolute atomic E-state index is 0.0883. The number of hydrogen-bond acceptors (Lipinski definition) is 3. The van der Waals surface area contributed by atoms with Crippen LogP contribution in [0.25, 0.3) is 0 Å². The van der Waals surface area contributed by atoms with Gasteiger partial charge in [-0.1, -0.05) is 6.07 Å². The number of aryl methyl sites for hydroxylation is 1. The van der Waals surface area contributed by atoms with Crippen molar-refractivity contribution in [3.63, 3.8) is 0 Å². The van der Waals surface area contributed by atoms with Crippen LogP contribution in [0, 0.1) is 13.8 Å². The molecule has 3 aromatic rings. The molecule has 3 rings (SSSR count). The van der Waals surface area contributed by atoms with Crippen LogP contribution < -0.4 is 10.1 Å². The average Bonchev–Trinajstić information content (AvgIpc) is 3.20. The Morgan fingerprint density at radius 3 is 2.60 bits per heavy atom. The van der Waals surface area contributed by atoms with E-state index in [4.69, 9.17) is 4.74 Å². The molecule has 4 nitrogen and oxygen atoms in total. The predicted octanol–water partition coefficient (Wildman–Crippen LogP) is 4.87. The Bertz CT molecular complexity index is 849. The molecular weight excluding hydrogens is 332 g/mol. The van der Waals surface area contributed by atoms with Gasteiger partial charge in [-0.05, 0) is 62.5 Å². The van der Waals surface area contributed by atoms with E-state index >= 15 is 0 Å². The van der Waals surface area contributed by atoms with Gasteiger partial charge in [-0.15, -0.1) is 11.3 Å². The van der Waals surface area contributed by atoms with Crippen molar-refractivity contribution in [1.29, 1.82) is 0 Å². The van der Waals surface area contributed by atoms with Crippen molar-refractivity contribution < 1.29 is 9.53 Å². The lowest BCUT2D eigenvalue weighted by molar-refractivity contribution is 0.102. The van der Waals surface area contributed by atoms with Crippen LogP contribution in [-0.4, -0.2) is 17.1 Å². The van der Waals surface area contributed by atoms with E-state index in [9.17, 15) is 4.79 Å². The van der Waals surface area contributed by atoms with Crippen molar-refractivity contribution in [3.05, 3.63) is 69.7 Å². The molecule has 25 heavy (non-hydrogen) atoms. The highest BCUT2D eigenvalue weighted by Crippen LogP contribution is 2.21. The van der Waals surface area contributed by atoms with E-state index in [0.29, 0.717) is 12.2 Å². The molecule has 0 aliphatic heterocycles. The number of benzene rings is 1. The van der Waals surface area contributed by atoms with Gasteiger partial charge in [0.25, 0.3) is 5.91 Å². The smallest absolute Gasteiger partial charge is 0.257 e. The normalized spacial score (nSPS) is 10.7. The molecule has 0 saturated carbocycles. The molecule has 1 aromatic carbocycles. The summed E-state index contributed by atoms with van der Waals surface area (Å²) in [6, 6.07) is 13.5. The maximum Gasteiger partial charge on any atom is 0.257 e. The van der Waals surface area contributed by atoms with E-state index in [2.05, 4.69) is 21.3 Å². The van der Waals surface area contributed by atoms with E-state index in [1.807, 2.05) is 57.2 Å². The third kappa shape index (κ3) is 3.94. The van der Waals surface area contributed by atoms with Crippen LogP contribution in [-0.2, 0) is 6.54 Å². The van der Waals surface area contributed by atoms with Gasteiger partial charge in [0.1, 0.15) is 5.75 Å². The van der Waals surface area contributed by atoms with Crippen molar-refractivity contribution in [3.8, 4) is 5.75 Å². The zero-order valence-corrected chi connectivity index (χ0v) is 15.5. The number of nitrogens with one attached hydrogen (secondary N) is 1. The minimum atomic E-state index is -0.0883. The Morgan fingerprint density at radius 1 is 1.20 bits per heavy atom. The van der Waals surface area contributed by atoms with Crippen molar-refractivity contribution >= 4 is 22.9 Å². The maximum absolute atomic E-state index is 12.7. The molecule has 0 fully saturated rings. The van der Waals surface area contributed by atoms with Gasteiger partial charge in [-0.2, -0.15) is 0 Å². The van der Waals surface area contributed by atoms with Crippen molar-refractivity contribution in [2.45, 2.75) is 27.3 Å². The fourth-order valence-corrected chi connectivity index (χ4v) is 3.52. The minimum Gasteiger partial charge on any atom is -0.494 e. The zero-order valence-electron chi connectivity index (χ0n) is 14.7. The number of aromatic nitrogens is 1. The van der Waals surface area contributed by atoms with Crippen LogP contribution in [0.15, 0.2) is 47.8 Å². The first-order chi connectivity index (χ1) is 12.1. The number of nitrogens with zero attached hydrogens (tertiary/aromatic N) is 1. The monoisotopic (exact) mass is 354 g/mol. The van der Waals surface area contributed by atoms with Crippen molar-refractivity contribution in [2.24, 2.45) is 0 Å². The Hall–Kier alpha value is -2.53. The summed E-state index contributed by atoms with van der Waals surface area (Å²) >= 11 is 1.73. The lowest BCUT2D eigenvalue weighted by Gasteiger charge is -2.09. The second-order valence-corrected chi connectivity index (χ2v) is 6.89. The second-order valence-electron chi connectivity index (χ2n) is 5.86. The van der Waals surface area contributed by atoms with Crippen molar-refractivity contribution in [2.75, 3.05) is 11.9 Å². The van der Waals surface area contributed by atoms with Gasteiger partial charge in [0.2, 0.25) is 0 Å². The van der Waals surface area contributed by atoms with E-state index < -0.39 is 0 Å². The number of anilines is 1. The average molecular weight is 354 g/mol. The first-order valence-electron chi connectivity index (χ1n) is 8.31. The van der Waals surface area contributed by atoms with Crippen LogP contribution in [0.3, 0.4) is 0 Å². The molecule has 1 N–H and O–H groups in total. The lowest BCUT2D eigenvalue weighted by Crippen LogP contribution is -2.13. The maximum atomic E-state index is 12.7. The molecule has 0 saturated heterocycles. The van der Waals surface area contributed by atoms with Crippen LogP contribution in [0.4, 0.5) is 5.69 Å². The number of carbonyl (C=O) groups excluding carboxylic acids is 1.